The summed E-state index contributed by atoms with van der Waals surface area (Å²) in [6.45, 7) is 1.90. The maximum atomic E-state index is 13.1. The Morgan fingerprint density at radius 1 is 1.17 bits per heavy atom. The molecule has 2 saturated heterocycles. The van der Waals surface area contributed by atoms with Gasteiger partial charge in [-0.05, 0) is 49.8 Å². The first-order valence-corrected chi connectivity index (χ1v) is 11.8. The fourth-order valence-corrected chi connectivity index (χ4v) is 5.24. The average molecular weight is 493 g/mol. The van der Waals surface area contributed by atoms with Gasteiger partial charge in [0.2, 0.25) is 5.91 Å². The van der Waals surface area contributed by atoms with Crippen molar-refractivity contribution in [3.63, 3.8) is 0 Å². The van der Waals surface area contributed by atoms with Crippen LogP contribution in [0.25, 0.3) is 10.9 Å². The number of alkyl carbamates (subject to hydrolysis) is 1. The molecule has 1 aliphatic carbocycles. The van der Waals surface area contributed by atoms with Crippen molar-refractivity contribution in [3.8, 4) is 0 Å². The molecule has 1 saturated carbocycles. The molecule has 9 nitrogen and oxygen atoms in total. The summed E-state index contributed by atoms with van der Waals surface area (Å²) in [6.07, 6.45) is 0.641. The van der Waals surface area contributed by atoms with Crippen molar-refractivity contribution >= 4 is 28.7 Å². The molecule has 188 valence electrons. The molecule has 1 aromatic heterocycles. The van der Waals surface area contributed by atoms with Gasteiger partial charge in [-0.25, -0.2) is 14.8 Å². The van der Waals surface area contributed by atoms with Crippen LogP contribution >= 0.6 is 0 Å². The highest BCUT2D eigenvalue weighted by molar-refractivity contribution is 5.91. The van der Waals surface area contributed by atoms with E-state index < -0.39 is 11.7 Å². The third-order valence-corrected chi connectivity index (χ3v) is 7.18. The number of ether oxygens (including phenoxy) is 1. The first-order valence-electron chi connectivity index (χ1n) is 11.8. The van der Waals surface area contributed by atoms with Crippen LogP contribution in [-0.2, 0) is 15.7 Å². The molecular formula is C23H27F3N6O3. The largest absolute Gasteiger partial charge is 0.447 e. The number of nitrogens with one attached hydrogen (secondary N) is 3. The van der Waals surface area contributed by atoms with Crippen molar-refractivity contribution in [2.24, 2.45) is 5.92 Å². The molecule has 1 atom stereocenters. The van der Waals surface area contributed by atoms with Crippen LogP contribution in [0.1, 0.15) is 31.2 Å². The summed E-state index contributed by atoms with van der Waals surface area (Å²) >= 11 is 0. The number of hydrogen-bond donors (Lipinski definition) is 3. The van der Waals surface area contributed by atoms with E-state index >= 15 is 0 Å². The summed E-state index contributed by atoms with van der Waals surface area (Å²) in [5, 5.41) is 8.91. The number of alkyl halides is 3. The molecule has 0 spiro atoms. The quantitative estimate of drug-likeness (QED) is 0.569. The van der Waals surface area contributed by atoms with Gasteiger partial charge in [-0.15, -0.1) is 0 Å². The molecule has 35 heavy (non-hydrogen) atoms. The number of benzene rings is 1. The van der Waals surface area contributed by atoms with E-state index in [-0.39, 0.29) is 41.8 Å². The number of nitrogens with zero attached hydrogens (tertiary/aromatic N) is 3. The molecule has 2 aliphatic heterocycles. The first-order chi connectivity index (χ1) is 16.8. The van der Waals surface area contributed by atoms with Gasteiger partial charge in [-0.3, -0.25) is 9.69 Å². The zero-order chi connectivity index (χ0) is 24.6. The van der Waals surface area contributed by atoms with Gasteiger partial charge in [0, 0.05) is 24.5 Å². The van der Waals surface area contributed by atoms with Crippen molar-refractivity contribution in [1.82, 2.24) is 25.5 Å². The van der Waals surface area contributed by atoms with Crippen molar-refractivity contribution in [1.29, 1.82) is 0 Å². The van der Waals surface area contributed by atoms with Crippen LogP contribution in [0.5, 0.6) is 0 Å². The van der Waals surface area contributed by atoms with E-state index in [9.17, 15) is 22.8 Å². The second kappa shape index (κ2) is 9.48. The van der Waals surface area contributed by atoms with E-state index in [1.165, 1.54) is 12.4 Å². The molecule has 0 bridgehead atoms. The molecule has 2 aromatic rings. The van der Waals surface area contributed by atoms with Crippen LogP contribution in [0.3, 0.4) is 0 Å². The summed E-state index contributed by atoms with van der Waals surface area (Å²) in [5.74, 6) is 0.395. The van der Waals surface area contributed by atoms with Crippen LogP contribution < -0.4 is 16.0 Å². The second-order valence-electron chi connectivity index (χ2n) is 9.44. The predicted molar refractivity (Wildman–Crippen MR) is 121 cm³/mol. The zero-order valence-electron chi connectivity index (χ0n) is 19.0. The van der Waals surface area contributed by atoms with Gasteiger partial charge >= 0.3 is 12.3 Å². The zero-order valence-corrected chi connectivity index (χ0v) is 19.0. The maximum absolute atomic E-state index is 13.1. The minimum absolute atomic E-state index is 0.0449. The fourth-order valence-electron chi connectivity index (χ4n) is 5.24. The van der Waals surface area contributed by atoms with Crippen molar-refractivity contribution in [2.75, 3.05) is 31.6 Å². The number of aromatic nitrogens is 2. The third-order valence-electron chi connectivity index (χ3n) is 7.18. The lowest BCUT2D eigenvalue weighted by Crippen LogP contribution is -2.63. The molecule has 1 aromatic carbocycles. The predicted octanol–water partition coefficient (Wildman–Crippen LogP) is 2.53. The Labute approximate surface area is 199 Å². The van der Waals surface area contributed by atoms with Gasteiger partial charge in [0.15, 0.2) is 0 Å². The van der Waals surface area contributed by atoms with Gasteiger partial charge in [-0.2, -0.15) is 13.2 Å². The topological polar surface area (TPSA) is 108 Å². The van der Waals surface area contributed by atoms with E-state index in [1.807, 2.05) is 0 Å². The molecule has 3 N–H and O–H groups in total. The van der Waals surface area contributed by atoms with Crippen LogP contribution in [0.15, 0.2) is 24.5 Å². The number of carbonyl (C=O) groups excluding carboxylic acids is 2. The lowest BCUT2D eigenvalue weighted by Gasteiger charge is -2.47. The Kier molecular flexibility index (Phi) is 6.39. The first kappa shape index (κ1) is 23.6. The minimum Gasteiger partial charge on any atom is -0.447 e. The van der Waals surface area contributed by atoms with E-state index in [2.05, 4.69) is 30.8 Å². The summed E-state index contributed by atoms with van der Waals surface area (Å²) in [7, 11) is 0. The van der Waals surface area contributed by atoms with Gasteiger partial charge in [0.25, 0.3) is 0 Å². The number of carbonyl (C=O) groups is 2. The number of hydrogen-bond acceptors (Lipinski definition) is 7. The number of rotatable bonds is 6. The molecular weight excluding hydrogens is 465 g/mol. The average Bonchev–Trinajstić information content (AvgIpc) is 3.25. The SMILES string of the molecule is O=C(CNc1ncnc2ccc(C(F)(F)F)cc12)NC1CN(C2CCC(C3COC(=O)N3)CC2)C1. The number of anilines is 1. The molecule has 0 radical (unpaired) electrons. The normalized spacial score (nSPS) is 25.6. The second-order valence-corrected chi connectivity index (χ2v) is 9.44. The monoisotopic (exact) mass is 492 g/mol. The minimum atomic E-state index is -4.48. The molecule has 5 rings (SSSR count). The van der Waals surface area contributed by atoms with Crippen LogP contribution in [0, 0.1) is 5.92 Å². The number of cyclic esters (lactones) is 1. The van der Waals surface area contributed by atoms with Crippen LogP contribution in [-0.4, -0.2) is 71.2 Å². The van der Waals surface area contributed by atoms with Crippen molar-refractivity contribution < 1.29 is 27.5 Å². The van der Waals surface area contributed by atoms with E-state index in [1.54, 1.807) is 0 Å². The number of likely N-dealkylation sites (tertiary alicyclic amines) is 1. The lowest BCUT2D eigenvalue weighted by molar-refractivity contribution is -0.137. The summed E-state index contributed by atoms with van der Waals surface area (Å²) in [6, 6.07) is 3.89. The Bertz CT molecular complexity index is 1100. The molecule has 3 fully saturated rings. The summed E-state index contributed by atoms with van der Waals surface area (Å²) in [4.78, 5) is 34.1. The third kappa shape index (κ3) is 5.26. The molecule has 3 heterocycles. The van der Waals surface area contributed by atoms with E-state index in [0.717, 1.165) is 50.9 Å². The number of fused-ring (bicyclic) bond motifs is 1. The summed E-state index contributed by atoms with van der Waals surface area (Å²) in [5.41, 5.74) is -0.430. The molecule has 12 heteroatoms. The Morgan fingerprint density at radius 3 is 2.63 bits per heavy atom. The molecule has 3 aliphatic rings. The highest BCUT2D eigenvalue weighted by Crippen LogP contribution is 2.34. The van der Waals surface area contributed by atoms with Crippen molar-refractivity contribution in [3.05, 3.63) is 30.1 Å². The number of halogens is 3. The number of amides is 2. The Hall–Kier alpha value is -3.15. The molecule has 2 amide bonds. The lowest BCUT2D eigenvalue weighted by atomic mass is 9.80. The Morgan fingerprint density at radius 2 is 1.94 bits per heavy atom. The standard InChI is InChI=1S/C23H27F3N6O3/c24-23(25,26)14-3-6-18-17(7-14)21(29-12-28-18)27-8-20(33)30-15-9-32(10-15)16-4-1-13(2-5-16)19-11-35-22(34)31-19/h3,6-7,12-13,15-16,19H,1-2,4-5,8-11H2,(H,30,33)(H,31,34)(H,27,28,29). The van der Waals surface area contributed by atoms with Gasteiger partial charge in [0.05, 0.1) is 29.7 Å². The smallest absolute Gasteiger partial charge is 0.416 e. The highest BCUT2D eigenvalue weighted by atomic mass is 19.4. The van der Waals surface area contributed by atoms with Crippen molar-refractivity contribution in [2.45, 2.75) is 50.0 Å². The van der Waals surface area contributed by atoms with E-state index in [4.69, 9.17) is 4.74 Å². The van der Waals surface area contributed by atoms with Gasteiger partial charge in [0.1, 0.15) is 18.8 Å². The van der Waals surface area contributed by atoms with Crippen LogP contribution in [0.4, 0.5) is 23.8 Å². The van der Waals surface area contributed by atoms with Crippen LogP contribution in [0.2, 0.25) is 0 Å². The fraction of sp³-hybridized carbons (Fsp3) is 0.565. The van der Waals surface area contributed by atoms with Gasteiger partial charge < -0.3 is 20.7 Å². The Balaban J connectivity index is 1.07. The molecule has 1 unspecified atom stereocenters. The summed E-state index contributed by atoms with van der Waals surface area (Å²) < 4.78 is 44.2. The maximum Gasteiger partial charge on any atom is 0.416 e. The van der Waals surface area contributed by atoms with E-state index in [0.29, 0.717) is 24.1 Å². The highest BCUT2D eigenvalue weighted by Gasteiger charge is 2.38. The van der Waals surface area contributed by atoms with Gasteiger partial charge in [-0.1, -0.05) is 0 Å².